The van der Waals surface area contributed by atoms with Crippen molar-refractivity contribution in [3.8, 4) is 11.4 Å². The summed E-state index contributed by atoms with van der Waals surface area (Å²) in [5.74, 6) is -2.90. The maximum atomic E-state index is 12.6. The Kier molecular flexibility index (Phi) is 8.29. The van der Waals surface area contributed by atoms with Crippen molar-refractivity contribution in [2.24, 2.45) is 0 Å². The molecule has 3 N–H and O–H groups in total. The summed E-state index contributed by atoms with van der Waals surface area (Å²) in [7, 11) is 2.96. The predicted molar refractivity (Wildman–Crippen MR) is 124 cm³/mol. The summed E-state index contributed by atoms with van der Waals surface area (Å²) in [5, 5.41) is 15.2. The Labute approximate surface area is 204 Å². The zero-order valence-electron chi connectivity index (χ0n) is 18.6. The van der Waals surface area contributed by atoms with E-state index in [0.717, 1.165) is 0 Å². The highest BCUT2D eigenvalue weighted by Crippen LogP contribution is 2.11. The van der Waals surface area contributed by atoms with Gasteiger partial charge in [0.1, 0.15) is 11.9 Å². The Bertz CT molecular complexity index is 1210. The summed E-state index contributed by atoms with van der Waals surface area (Å²) >= 11 is 5.73. The van der Waals surface area contributed by atoms with Crippen LogP contribution in [0, 0.1) is 0 Å². The molecule has 0 aliphatic heterocycles. The summed E-state index contributed by atoms with van der Waals surface area (Å²) in [6.45, 7) is -0.362. The number of nitrogens with one attached hydrogen (secondary N) is 3. The van der Waals surface area contributed by atoms with Gasteiger partial charge < -0.3 is 20.9 Å². The maximum Gasteiger partial charge on any atom is 0.314 e. The minimum Gasteiger partial charge on any atom is -0.347 e. The van der Waals surface area contributed by atoms with Crippen molar-refractivity contribution in [2.45, 2.75) is 6.04 Å². The van der Waals surface area contributed by atoms with Crippen molar-refractivity contribution < 1.29 is 19.2 Å². The lowest BCUT2D eigenvalue weighted by Gasteiger charge is -2.21. The summed E-state index contributed by atoms with van der Waals surface area (Å²) in [4.78, 5) is 62.6. The molecule has 1 unspecified atom stereocenters. The summed E-state index contributed by atoms with van der Waals surface area (Å²) in [6.07, 6.45) is 5.65. The molecular weight excluding hydrogens is 478 g/mol. The van der Waals surface area contributed by atoms with Crippen LogP contribution in [0.2, 0.25) is 5.02 Å². The van der Waals surface area contributed by atoms with Crippen LogP contribution in [0.1, 0.15) is 10.5 Å². The highest BCUT2D eigenvalue weighted by molar-refractivity contribution is 6.39. The first-order valence-corrected chi connectivity index (χ1v) is 10.4. The first-order chi connectivity index (χ1) is 16.7. The quantitative estimate of drug-likeness (QED) is 0.377. The van der Waals surface area contributed by atoms with E-state index in [1.807, 2.05) is 0 Å². The first kappa shape index (κ1) is 25.1. The third-order valence-corrected chi connectivity index (χ3v) is 4.64. The minimum atomic E-state index is -1.19. The van der Waals surface area contributed by atoms with Gasteiger partial charge in [-0.15, -0.1) is 10.2 Å². The molecular formula is C21H20ClN9O4. The number of pyridine rings is 2. The number of hydrogen-bond acceptors (Lipinski definition) is 9. The maximum absolute atomic E-state index is 12.6. The molecule has 13 nitrogen and oxygen atoms in total. The molecule has 0 bridgehead atoms. The lowest BCUT2D eigenvalue weighted by atomic mass is 10.2. The van der Waals surface area contributed by atoms with Crippen LogP contribution < -0.4 is 16.0 Å². The second-order valence-corrected chi connectivity index (χ2v) is 7.62. The van der Waals surface area contributed by atoms with E-state index in [9.17, 15) is 19.2 Å². The molecule has 4 amide bonds. The van der Waals surface area contributed by atoms with Gasteiger partial charge in [0.2, 0.25) is 5.91 Å². The van der Waals surface area contributed by atoms with E-state index in [-0.39, 0.29) is 18.1 Å². The number of likely N-dealkylation sites (N-methyl/N-ethyl adjacent to an activating group) is 1. The molecule has 0 saturated carbocycles. The lowest BCUT2D eigenvalue weighted by Crippen LogP contribution is -2.53. The largest absolute Gasteiger partial charge is 0.347 e. The van der Waals surface area contributed by atoms with E-state index >= 15 is 0 Å². The number of anilines is 1. The number of amides is 4. The number of aromatic nitrogens is 5. The topological polar surface area (TPSA) is 172 Å². The Hall–Kier alpha value is -4.52. The molecule has 3 aromatic rings. The zero-order chi connectivity index (χ0) is 25.4. The molecule has 3 aromatic heterocycles. The molecule has 0 saturated heterocycles. The third-order valence-electron chi connectivity index (χ3n) is 4.42. The predicted octanol–water partition coefficient (Wildman–Crippen LogP) is -0.0765. The number of nitrogens with zero attached hydrogens (tertiary/aromatic N) is 6. The number of halogens is 1. The fraction of sp³-hybridized carbons (Fsp3) is 0.190. The molecule has 180 valence electrons. The molecule has 35 heavy (non-hydrogen) atoms. The van der Waals surface area contributed by atoms with Crippen LogP contribution in [-0.4, -0.2) is 80.4 Å². The smallest absolute Gasteiger partial charge is 0.314 e. The molecule has 14 heteroatoms. The van der Waals surface area contributed by atoms with E-state index in [2.05, 4.69) is 41.1 Å². The van der Waals surface area contributed by atoms with Crippen LogP contribution in [0.4, 0.5) is 5.82 Å². The molecule has 0 fully saturated rings. The Balaban J connectivity index is 1.62. The summed E-state index contributed by atoms with van der Waals surface area (Å²) < 4.78 is 0. The number of carbonyl (C=O) groups excluding carboxylic acids is 4. The molecule has 0 aliphatic carbocycles. The van der Waals surface area contributed by atoms with Crippen molar-refractivity contribution in [1.29, 1.82) is 0 Å². The van der Waals surface area contributed by atoms with Gasteiger partial charge in [0.25, 0.3) is 5.91 Å². The van der Waals surface area contributed by atoms with Crippen LogP contribution in [0.5, 0.6) is 0 Å². The van der Waals surface area contributed by atoms with Crippen molar-refractivity contribution in [3.05, 3.63) is 59.8 Å². The first-order valence-electron chi connectivity index (χ1n) is 10.1. The molecule has 3 heterocycles. The molecule has 0 aliphatic rings. The fourth-order valence-corrected chi connectivity index (χ4v) is 2.77. The van der Waals surface area contributed by atoms with Crippen molar-refractivity contribution in [1.82, 2.24) is 40.7 Å². The monoisotopic (exact) mass is 497 g/mol. The highest BCUT2D eigenvalue weighted by Gasteiger charge is 2.26. The van der Waals surface area contributed by atoms with Gasteiger partial charge in [-0.1, -0.05) is 11.6 Å². The van der Waals surface area contributed by atoms with Gasteiger partial charge >= 0.3 is 11.8 Å². The van der Waals surface area contributed by atoms with Gasteiger partial charge in [0, 0.05) is 44.8 Å². The molecule has 0 spiro atoms. The second kappa shape index (κ2) is 11.6. The molecule has 3 rings (SSSR count). The lowest BCUT2D eigenvalue weighted by molar-refractivity contribution is -0.136. The molecule has 0 radical (unpaired) electrons. The number of rotatable bonds is 7. The van der Waals surface area contributed by atoms with Crippen molar-refractivity contribution >= 4 is 41.0 Å². The Morgan fingerprint density at radius 2 is 1.71 bits per heavy atom. The van der Waals surface area contributed by atoms with Crippen LogP contribution >= 0.6 is 11.6 Å². The SMILES string of the molecule is CN(C)C(=O)C(CNC(=O)C(=O)Nc1ccc(Cl)cn1)NC(=O)c1cnc(-c2ccncc2)nn1. The standard InChI is InChI=1S/C21H20ClN9O4/c1-31(2)21(35)15(11-26-19(33)20(34)28-16-4-3-13(22)9-24-16)27-18(32)14-10-25-17(30-29-14)12-5-7-23-8-6-12/h3-10,15H,11H2,1-2H3,(H,26,33)(H,27,32)(H,24,28,34). The second-order valence-electron chi connectivity index (χ2n) is 7.19. The van der Waals surface area contributed by atoms with Crippen molar-refractivity contribution in [2.75, 3.05) is 26.0 Å². The molecule has 1 atom stereocenters. The normalized spacial score (nSPS) is 11.2. The van der Waals surface area contributed by atoms with Crippen LogP contribution in [0.25, 0.3) is 11.4 Å². The fourth-order valence-electron chi connectivity index (χ4n) is 2.65. The molecule has 0 aromatic carbocycles. The van der Waals surface area contributed by atoms with E-state index in [1.165, 1.54) is 43.5 Å². The number of hydrogen-bond donors (Lipinski definition) is 3. The van der Waals surface area contributed by atoms with Gasteiger partial charge in [0.15, 0.2) is 11.5 Å². The van der Waals surface area contributed by atoms with E-state index in [0.29, 0.717) is 16.4 Å². The Morgan fingerprint density at radius 1 is 0.971 bits per heavy atom. The van der Waals surface area contributed by atoms with E-state index in [4.69, 9.17) is 11.6 Å². The van der Waals surface area contributed by atoms with Crippen LogP contribution in [0.3, 0.4) is 0 Å². The zero-order valence-corrected chi connectivity index (χ0v) is 19.4. The van der Waals surface area contributed by atoms with Gasteiger partial charge in [-0.25, -0.2) is 9.97 Å². The van der Waals surface area contributed by atoms with Gasteiger partial charge in [-0.05, 0) is 24.3 Å². The Morgan fingerprint density at radius 3 is 2.31 bits per heavy atom. The summed E-state index contributed by atoms with van der Waals surface area (Å²) in [5.41, 5.74) is 0.521. The average molecular weight is 498 g/mol. The summed E-state index contributed by atoms with van der Waals surface area (Å²) in [6, 6.07) is 5.09. The van der Waals surface area contributed by atoms with Gasteiger partial charge in [-0.3, -0.25) is 24.2 Å². The average Bonchev–Trinajstić information content (AvgIpc) is 2.87. The highest BCUT2D eigenvalue weighted by atomic mass is 35.5. The minimum absolute atomic E-state index is 0.116. The van der Waals surface area contributed by atoms with Gasteiger partial charge in [-0.2, -0.15) is 0 Å². The van der Waals surface area contributed by atoms with Crippen molar-refractivity contribution in [3.63, 3.8) is 0 Å². The third kappa shape index (κ3) is 6.98. The number of carbonyl (C=O) groups is 4. The van der Waals surface area contributed by atoms with Crippen LogP contribution in [-0.2, 0) is 14.4 Å². The van der Waals surface area contributed by atoms with Gasteiger partial charge in [0.05, 0.1) is 11.2 Å². The van der Waals surface area contributed by atoms with E-state index < -0.39 is 29.7 Å². The van der Waals surface area contributed by atoms with Crippen LogP contribution in [0.15, 0.2) is 49.1 Å². The van der Waals surface area contributed by atoms with E-state index in [1.54, 1.807) is 24.5 Å².